The Balaban J connectivity index is 1.37. The SMILES string of the molecule is C=C/C=C(\CC)C1=C([N+](C)(CC)c2ccccc2Nc2c(-c3ccccc3)cc(C(C)(C)C)cc2-c2ccccc2)CC2C1c1ccccc1-c1cc(CC(C)C)c([Si](C)(C)C)c[n+]12. The van der Waals surface area contributed by atoms with Crippen molar-refractivity contribution in [1.29, 1.82) is 0 Å². The molecule has 0 amide bonds. The zero-order valence-corrected chi connectivity index (χ0v) is 41.5. The van der Waals surface area contributed by atoms with Crippen molar-refractivity contribution in [1.82, 2.24) is 4.48 Å². The molecule has 3 unspecified atom stereocenters. The number of hydrogen-bond acceptors (Lipinski definition) is 1. The van der Waals surface area contributed by atoms with Crippen LogP contribution in [0.2, 0.25) is 19.6 Å². The van der Waals surface area contributed by atoms with Crippen molar-refractivity contribution in [2.24, 2.45) is 5.92 Å². The van der Waals surface area contributed by atoms with Gasteiger partial charge in [0, 0.05) is 34.0 Å². The minimum absolute atomic E-state index is 0.0414. The summed E-state index contributed by atoms with van der Waals surface area (Å²) in [7, 11) is 0.776. The first-order valence-electron chi connectivity index (χ1n) is 23.8. The van der Waals surface area contributed by atoms with E-state index in [0.717, 1.165) is 37.2 Å². The van der Waals surface area contributed by atoms with E-state index in [9.17, 15) is 0 Å². The van der Waals surface area contributed by atoms with Gasteiger partial charge in [0.1, 0.15) is 11.4 Å². The molecule has 0 saturated heterocycles. The fourth-order valence-corrected chi connectivity index (χ4v) is 12.4. The predicted molar refractivity (Wildman–Crippen MR) is 280 cm³/mol. The number of hydrogen-bond donors (Lipinski definition) is 1. The smallest absolute Gasteiger partial charge is 0.213 e. The Kier molecular flexibility index (Phi) is 12.5. The first-order chi connectivity index (χ1) is 30.6. The molecule has 5 aromatic carbocycles. The Labute approximate surface area is 386 Å². The van der Waals surface area contributed by atoms with Gasteiger partial charge in [-0.1, -0.05) is 171 Å². The number of quaternary nitrogens is 1. The Morgan fingerprint density at radius 1 is 0.812 bits per heavy atom. The number of anilines is 2. The zero-order valence-electron chi connectivity index (χ0n) is 40.5. The van der Waals surface area contributed by atoms with Gasteiger partial charge in [0.05, 0.1) is 45.3 Å². The molecule has 1 N–H and O–H groups in total. The van der Waals surface area contributed by atoms with Crippen molar-refractivity contribution in [3.63, 3.8) is 0 Å². The fourth-order valence-electron chi connectivity index (χ4n) is 10.7. The van der Waals surface area contributed by atoms with Crippen LogP contribution in [0.25, 0.3) is 33.5 Å². The van der Waals surface area contributed by atoms with E-state index in [1.165, 1.54) is 72.7 Å². The van der Waals surface area contributed by atoms with Crippen molar-refractivity contribution >= 4 is 30.3 Å². The number of allylic oxidation sites excluding steroid dienone is 5. The van der Waals surface area contributed by atoms with Gasteiger partial charge in [0.25, 0.3) is 0 Å². The molecule has 1 aliphatic heterocycles. The molecule has 3 nitrogen and oxygen atoms in total. The maximum absolute atomic E-state index is 4.28. The second kappa shape index (κ2) is 17.8. The van der Waals surface area contributed by atoms with E-state index >= 15 is 0 Å². The van der Waals surface area contributed by atoms with Crippen LogP contribution < -0.4 is 19.6 Å². The Hall–Kier alpha value is -5.55. The van der Waals surface area contributed by atoms with Crippen LogP contribution in [0.1, 0.15) is 90.0 Å². The molecular weight excluding hydrogens is 791 g/mol. The van der Waals surface area contributed by atoms with Crippen molar-refractivity contribution in [3.05, 3.63) is 186 Å². The van der Waals surface area contributed by atoms with Crippen LogP contribution in [-0.4, -0.2) is 21.7 Å². The fraction of sp³-hybridized carbons (Fsp3) is 0.317. The molecule has 6 aromatic rings. The van der Waals surface area contributed by atoms with Crippen LogP contribution in [0.3, 0.4) is 0 Å². The number of para-hydroxylation sites is 2. The van der Waals surface area contributed by atoms with E-state index < -0.39 is 8.07 Å². The lowest BCUT2D eigenvalue weighted by Crippen LogP contribution is -2.53. The van der Waals surface area contributed by atoms with E-state index in [1.807, 2.05) is 6.08 Å². The predicted octanol–water partition coefficient (Wildman–Crippen LogP) is 15.2. The highest BCUT2D eigenvalue weighted by molar-refractivity contribution is 6.89. The van der Waals surface area contributed by atoms with Gasteiger partial charge in [0.15, 0.2) is 17.9 Å². The summed E-state index contributed by atoms with van der Waals surface area (Å²) in [5, 5.41) is 5.80. The van der Waals surface area contributed by atoms with Gasteiger partial charge in [-0.15, -0.1) is 0 Å². The van der Waals surface area contributed by atoms with E-state index in [0.29, 0.717) is 10.4 Å². The number of aromatic nitrogens is 1. The van der Waals surface area contributed by atoms with Gasteiger partial charge in [-0.25, -0.2) is 0 Å². The topological polar surface area (TPSA) is 15.9 Å². The summed E-state index contributed by atoms with van der Waals surface area (Å²) in [6.45, 7) is 29.1. The van der Waals surface area contributed by atoms with Gasteiger partial charge in [-0.2, -0.15) is 4.57 Å². The molecule has 0 radical (unpaired) electrons. The van der Waals surface area contributed by atoms with Crippen molar-refractivity contribution in [3.8, 4) is 33.5 Å². The number of benzene rings is 5. The Bertz CT molecular complexity index is 2680. The maximum Gasteiger partial charge on any atom is 0.213 e. The molecule has 3 atom stereocenters. The van der Waals surface area contributed by atoms with Crippen molar-refractivity contribution < 1.29 is 4.57 Å². The lowest BCUT2D eigenvalue weighted by Gasteiger charge is -2.36. The molecular formula is C60H71N3Si+2. The second-order valence-electron chi connectivity index (χ2n) is 20.9. The van der Waals surface area contributed by atoms with Gasteiger partial charge in [-0.3, -0.25) is 4.48 Å². The monoisotopic (exact) mass is 862 g/mol. The first-order valence-corrected chi connectivity index (χ1v) is 27.3. The third-order valence-electron chi connectivity index (χ3n) is 14.1. The minimum Gasteiger partial charge on any atom is -0.350 e. The highest BCUT2D eigenvalue weighted by atomic mass is 28.3. The van der Waals surface area contributed by atoms with Crippen LogP contribution >= 0.6 is 0 Å². The standard InChI is InChI=1S/C60H71N3Si/c1-13-26-42(14-2)57-55(39-53-58(57)48-32-23-22-31-47(48)52-36-45(35-41(4)5)56(40-62(52)53)64(10,11)12)63(9,15-3)54-34-25-24-33-51(54)61-59-49(43-27-18-16-19-28-43)37-46(60(6,7)8)38-50(59)44-29-20-17-21-30-44/h13,16-34,36-38,40-41,53,58,61H,1,14-15,35,39H2,2-12H3/q+2/b42-26+. The highest BCUT2D eigenvalue weighted by Crippen LogP contribution is 2.56. The number of rotatable bonds is 13. The van der Waals surface area contributed by atoms with E-state index in [2.05, 4.69) is 231 Å². The summed E-state index contributed by atoms with van der Waals surface area (Å²) < 4.78 is 3.42. The molecule has 1 aromatic heterocycles. The number of nitrogens with one attached hydrogen (secondary N) is 1. The lowest BCUT2D eigenvalue weighted by molar-refractivity contribution is -0.714. The van der Waals surface area contributed by atoms with Crippen LogP contribution in [0.5, 0.6) is 0 Å². The second-order valence-corrected chi connectivity index (χ2v) is 25.9. The molecule has 0 saturated carbocycles. The van der Waals surface area contributed by atoms with Crippen molar-refractivity contribution in [2.75, 3.05) is 18.9 Å². The minimum atomic E-state index is -1.70. The lowest BCUT2D eigenvalue weighted by atomic mass is 9.78. The molecule has 4 heteroatoms. The Morgan fingerprint density at radius 3 is 1.97 bits per heavy atom. The third kappa shape index (κ3) is 8.32. The van der Waals surface area contributed by atoms with E-state index in [-0.39, 0.29) is 17.4 Å². The number of nitrogens with zero attached hydrogens (tertiary/aromatic N) is 2. The van der Waals surface area contributed by atoms with Gasteiger partial charge >= 0.3 is 0 Å². The molecule has 328 valence electrons. The van der Waals surface area contributed by atoms with Crippen LogP contribution in [0.4, 0.5) is 17.1 Å². The average molecular weight is 862 g/mol. The Morgan fingerprint density at radius 2 is 1.41 bits per heavy atom. The summed E-state index contributed by atoms with van der Waals surface area (Å²) in [6, 6.07) is 48.0. The quantitative estimate of drug-likeness (QED) is 0.0529. The largest absolute Gasteiger partial charge is 0.350 e. The van der Waals surface area contributed by atoms with E-state index in [4.69, 9.17) is 0 Å². The number of pyridine rings is 1. The molecule has 1 aliphatic carbocycles. The molecule has 0 fully saturated rings. The summed E-state index contributed by atoms with van der Waals surface area (Å²) >= 11 is 0. The molecule has 2 aliphatic rings. The van der Waals surface area contributed by atoms with Crippen LogP contribution in [0, 0.1) is 5.92 Å². The zero-order chi connectivity index (χ0) is 45.6. The third-order valence-corrected chi connectivity index (χ3v) is 16.2. The highest BCUT2D eigenvalue weighted by Gasteiger charge is 2.54. The average Bonchev–Trinajstić information content (AvgIpc) is 3.69. The maximum atomic E-state index is 4.28. The van der Waals surface area contributed by atoms with Gasteiger partial charge in [-0.05, 0) is 88.8 Å². The normalized spacial score (nSPS) is 17.2. The van der Waals surface area contributed by atoms with Crippen molar-refractivity contribution in [2.45, 2.75) is 105 Å². The summed E-state index contributed by atoms with van der Waals surface area (Å²) in [5.74, 6) is 0.802. The molecule has 2 heterocycles. The summed E-state index contributed by atoms with van der Waals surface area (Å²) in [6.07, 6.45) is 9.94. The van der Waals surface area contributed by atoms with E-state index in [1.54, 1.807) is 5.19 Å². The molecule has 0 spiro atoms. The van der Waals surface area contributed by atoms with Crippen LogP contribution in [0.15, 0.2) is 169 Å². The summed E-state index contributed by atoms with van der Waals surface area (Å²) in [4.78, 5) is 0. The van der Waals surface area contributed by atoms with Crippen LogP contribution in [-0.2, 0) is 11.8 Å². The van der Waals surface area contributed by atoms with Gasteiger partial charge in [0.2, 0.25) is 5.69 Å². The molecule has 8 rings (SSSR count). The molecule has 0 bridgehead atoms. The first kappa shape index (κ1) is 45.0. The molecule has 64 heavy (non-hydrogen) atoms. The summed E-state index contributed by atoms with van der Waals surface area (Å²) in [5.41, 5.74) is 19.7. The van der Waals surface area contributed by atoms with Gasteiger partial charge < -0.3 is 5.32 Å². The number of fused-ring (bicyclic) bond motifs is 6.